The first kappa shape index (κ1) is 18.4. The molecule has 0 spiro atoms. The normalized spacial score (nSPS) is 15.0. The van der Waals surface area contributed by atoms with E-state index < -0.39 is 10.8 Å². The summed E-state index contributed by atoms with van der Waals surface area (Å²) in [5, 5.41) is 3.60. The molecule has 0 amide bonds. The van der Waals surface area contributed by atoms with Gasteiger partial charge < -0.3 is 5.32 Å². The van der Waals surface area contributed by atoms with Crippen molar-refractivity contribution in [1.82, 2.24) is 5.32 Å². The van der Waals surface area contributed by atoms with Gasteiger partial charge in [0.1, 0.15) is 0 Å². The second kappa shape index (κ2) is 7.55. The first-order chi connectivity index (χ1) is 9.66. The van der Waals surface area contributed by atoms with Gasteiger partial charge in [-0.3, -0.25) is 4.21 Å². The van der Waals surface area contributed by atoms with Crippen LogP contribution < -0.4 is 5.32 Å². The largest absolute Gasteiger partial charge is 0.309 e. The van der Waals surface area contributed by atoms with Crippen molar-refractivity contribution in [3.63, 3.8) is 0 Å². The monoisotopic (exact) mass is 309 g/mol. The SMILES string of the molecule is CCCNC(CS(=O)C(C)(C)C)c1c(C)cc(C)cc1C. The molecule has 0 aliphatic carbocycles. The van der Waals surface area contributed by atoms with Crippen LogP contribution in [0.2, 0.25) is 0 Å². The van der Waals surface area contributed by atoms with E-state index >= 15 is 0 Å². The molecule has 1 N–H and O–H groups in total. The summed E-state index contributed by atoms with van der Waals surface area (Å²) in [5.74, 6) is 0.675. The summed E-state index contributed by atoms with van der Waals surface area (Å²) in [7, 11) is -0.856. The van der Waals surface area contributed by atoms with Gasteiger partial charge in [0.25, 0.3) is 0 Å². The number of rotatable bonds is 6. The predicted octanol–water partition coefficient (Wildman–Crippen LogP) is 4.20. The average molecular weight is 310 g/mol. The highest BCUT2D eigenvalue weighted by Crippen LogP contribution is 2.26. The van der Waals surface area contributed by atoms with E-state index in [1.54, 1.807) is 0 Å². The van der Waals surface area contributed by atoms with Gasteiger partial charge in [-0.25, -0.2) is 0 Å². The molecule has 0 saturated heterocycles. The summed E-state index contributed by atoms with van der Waals surface area (Å²) in [4.78, 5) is 0. The second-order valence-electron chi connectivity index (χ2n) is 6.94. The highest BCUT2D eigenvalue weighted by atomic mass is 32.2. The molecule has 120 valence electrons. The van der Waals surface area contributed by atoms with Crippen LogP contribution in [0.25, 0.3) is 0 Å². The molecule has 2 unspecified atom stereocenters. The molecule has 0 bridgehead atoms. The molecule has 0 heterocycles. The molecule has 0 saturated carbocycles. The van der Waals surface area contributed by atoms with E-state index in [1.165, 1.54) is 22.3 Å². The smallest absolute Gasteiger partial charge is 0.0442 e. The zero-order chi connectivity index (χ0) is 16.2. The molecule has 0 aromatic heterocycles. The molecule has 1 aromatic rings. The number of nitrogens with one attached hydrogen (secondary N) is 1. The molecular formula is C18H31NOS. The Morgan fingerprint density at radius 3 is 2.10 bits per heavy atom. The van der Waals surface area contributed by atoms with Gasteiger partial charge in [-0.05, 0) is 71.2 Å². The fraction of sp³-hybridized carbons (Fsp3) is 0.667. The van der Waals surface area contributed by atoms with E-state index in [0.29, 0.717) is 5.75 Å². The lowest BCUT2D eigenvalue weighted by Crippen LogP contribution is -2.34. The number of aryl methyl sites for hydroxylation is 3. The van der Waals surface area contributed by atoms with E-state index in [9.17, 15) is 4.21 Å². The van der Waals surface area contributed by atoms with E-state index in [1.807, 2.05) is 0 Å². The molecule has 1 rings (SSSR count). The number of hydrogen-bond donors (Lipinski definition) is 1. The van der Waals surface area contributed by atoms with Crippen LogP contribution in [0.4, 0.5) is 0 Å². The van der Waals surface area contributed by atoms with Crippen LogP contribution in [-0.2, 0) is 10.8 Å². The van der Waals surface area contributed by atoms with Gasteiger partial charge in [0, 0.05) is 27.3 Å². The summed E-state index contributed by atoms with van der Waals surface area (Å²) in [5.41, 5.74) is 5.21. The van der Waals surface area contributed by atoms with Crippen molar-refractivity contribution in [1.29, 1.82) is 0 Å². The van der Waals surface area contributed by atoms with Crippen molar-refractivity contribution < 1.29 is 4.21 Å². The third-order valence-corrected chi connectivity index (χ3v) is 5.73. The van der Waals surface area contributed by atoms with Crippen molar-refractivity contribution in [2.75, 3.05) is 12.3 Å². The van der Waals surface area contributed by atoms with Crippen LogP contribution >= 0.6 is 0 Å². The van der Waals surface area contributed by atoms with Crippen molar-refractivity contribution in [2.24, 2.45) is 0 Å². The molecular weight excluding hydrogens is 278 g/mol. The Morgan fingerprint density at radius 1 is 1.14 bits per heavy atom. The van der Waals surface area contributed by atoms with Crippen molar-refractivity contribution in [3.8, 4) is 0 Å². The summed E-state index contributed by atoms with van der Waals surface area (Å²) < 4.78 is 12.4. The topological polar surface area (TPSA) is 29.1 Å². The first-order valence-corrected chi connectivity index (χ1v) is 9.18. The zero-order valence-corrected chi connectivity index (χ0v) is 15.5. The lowest BCUT2D eigenvalue weighted by molar-refractivity contribution is 0.559. The molecule has 0 fully saturated rings. The third kappa shape index (κ3) is 5.23. The zero-order valence-electron chi connectivity index (χ0n) is 14.7. The molecule has 0 aliphatic rings. The third-order valence-electron chi connectivity index (χ3n) is 3.73. The summed E-state index contributed by atoms with van der Waals surface area (Å²) >= 11 is 0. The van der Waals surface area contributed by atoms with Gasteiger partial charge in [-0.2, -0.15) is 0 Å². The Hall–Kier alpha value is -0.670. The maximum absolute atomic E-state index is 12.6. The van der Waals surface area contributed by atoms with E-state index in [4.69, 9.17) is 0 Å². The summed E-state index contributed by atoms with van der Waals surface area (Å²) in [6, 6.07) is 4.62. The molecule has 3 heteroatoms. The minimum absolute atomic E-state index is 0.168. The average Bonchev–Trinajstić information content (AvgIpc) is 2.32. The highest BCUT2D eigenvalue weighted by molar-refractivity contribution is 7.86. The predicted molar refractivity (Wildman–Crippen MR) is 94.5 cm³/mol. The maximum Gasteiger partial charge on any atom is 0.0442 e. The number of benzene rings is 1. The molecule has 21 heavy (non-hydrogen) atoms. The Labute approximate surface area is 133 Å². The maximum atomic E-state index is 12.6. The van der Waals surface area contributed by atoms with Gasteiger partial charge in [0.2, 0.25) is 0 Å². The van der Waals surface area contributed by atoms with Crippen molar-refractivity contribution >= 4 is 10.8 Å². The van der Waals surface area contributed by atoms with Crippen LogP contribution in [0.1, 0.15) is 62.4 Å². The van der Waals surface area contributed by atoms with Crippen LogP contribution in [0.3, 0.4) is 0 Å². The van der Waals surface area contributed by atoms with Crippen LogP contribution in [0.15, 0.2) is 12.1 Å². The Balaban J connectivity index is 3.11. The molecule has 2 nitrogen and oxygen atoms in total. The standard InChI is InChI=1S/C18H31NOS/c1-8-9-19-16(12-21(20)18(5,6)7)17-14(3)10-13(2)11-15(17)4/h10-11,16,19H,8-9,12H2,1-7H3. The van der Waals surface area contributed by atoms with E-state index in [-0.39, 0.29) is 10.8 Å². The first-order valence-electron chi connectivity index (χ1n) is 7.86. The van der Waals surface area contributed by atoms with Gasteiger partial charge in [-0.1, -0.05) is 24.6 Å². The van der Waals surface area contributed by atoms with Gasteiger partial charge in [0.15, 0.2) is 0 Å². The van der Waals surface area contributed by atoms with Crippen LogP contribution in [0, 0.1) is 20.8 Å². The lowest BCUT2D eigenvalue weighted by atomic mass is 9.95. The summed E-state index contributed by atoms with van der Waals surface area (Å²) in [6.07, 6.45) is 1.09. The fourth-order valence-electron chi connectivity index (χ4n) is 2.71. The van der Waals surface area contributed by atoms with Gasteiger partial charge >= 0.3 is 0 Å². The minimum Gasteiger partial charge on any atom is -0.309 e. The summed E-state index contributed by atoms with van der Waals surface area (Å²) in [6.45, 7) is 15.7. The van der Waals surface area contributed by atoms with E-state index in [0.717, 1.165) is 13.0 Å². The number of hydrogen-bond acceptors (Lipinski definition) is 2. The van der Waals surface area contributed by atoms with Crippen LogP contribution in [-0.4, -0.2) is 21.3 Å². The lowest BCUT2D eigenvalue weighted by Gasteiger charge is -2.27. The Morgan fingerprint density at radius 2 is 1.67 bits per heavy atom. The van der Waals surface area contributed by atoms with E-state index in [2.05, 4.69) is 65.9 Å². The van der Waals surface area contributed by atoms with Gasteiger partial charge in [-0.15, -0.1) is 0 Å². The molecule has 1 aromatic carbocycles. The Kier molecular flexibility index (Phi) is 6.61. The fourth-order valence-corrected chi connectivity index (χ4v) is 3.79. The molecule has 2 atom stereocenters. The van der Waals surface area contributed by atoms with Gasteiger partial charge in [0.05, 0.1) is 0 Å². The Bertz CT molecular complexity index is 479. The second-order valence-corrected chi connectivity index (χ2v) is 9.19. The van der Waals surface area contributed by atoms with Crippen molar-refractivity contribution in [2.45, 2.75) is 65.7 Å². The quantitative estimate of drug-likeness (QED) is 0.853. The van der Waals surface area contributed by atoms with Crippen LogP contribution in [0.5, 0.6) is 0 Å². The molecule has 0 aliphatic heterocycles. The minimum atomic E-state index is -0.856. The van der Waals surface area contributed by atoms with Crippen molar-refractivity contribution in [3.05, 3.63) is 34.4 Å². The molecule has 0 radical (unpaired) electrons. The highest BCUT2D eigenvalue weighted by Gasteiger charge is 2.25.